The van der Waals surface area contributed by atoms with Crippen LogP contribution in [0.5, 0.6) is 0 Å². The maximum atomic E-state index is 12.6. The van der Waals surface area contributed by atoms with Gasteiger partial charge in [0.15, 0.2) is 0 Å². The predicted molar refractivity (Wildman–Crippen MR) is 72.6 cm³/mol. The zero-order chi connectivity index (χ0) is 14.3. The summed E-state index contributed by atoms with van der Waals surface area (Å²) in [4.78, 5) is 33.1. The zero-order valence-corrected chi connectivity index (χ0v) is 11.6. The van der Waals surface area contributed by atoms with E-state index in [0.717, 1.165) is 17.0 Å². The minimum atomic E-state index is -0.999. The van der Waals surface area contributed by atoms with Crippen molar-refractivity contribution in [1.29, 1.82) is 0 Å². The number of imidazole rings is 1. The summed E-state index contributed by atoms with van der Waals surface area (Å²) in [5.74, 6) is -1.23. The number of aromatic nitrogens is 2. The highest BCUT2D eigenvalue weighted by atomic mass is 32.1. The maximum absolute atomic E-state index is 12.6. The van der Waals surface area contributed by atoms with E-state index in [9.17, 15) is 14.7 Å². The minimum Gasteiger partial charge on any atom is -0.480 e. The first-order valence-electron chi connectivity index (χ1n) is 6.17. The lowest BCUT2D eigenvalue weighted by Gasteiger charge is -2.32. The Morgan fingerprint density at radius 3 is 3.00 bits per heavy atom. The Labute approximate surface area is 119 Å². The van der Waals surface area contributed by atoms with Crippen LogP contribution >= 0.6 is 11.3 Å². The van der Waals surface area contributed by atoms with Gasteiger partial charge in [-0.2, -0.15) is 0 Å². The molecule has 2 aromatic heterocycles. The Morgan fingerprint density at radius 2 is 2.35 bits per heavy atom. The molecule has 3 heterocycles. The van der Waals surface area contributed by atoms with E-state index < -0.39 is 12.0 Å². The third-order valence-electron chi connectivity index (χ3n) is 3.50. The van der Waals surface area contributed by atoms with Crippen LogP contribution in [0, 0.1) is 6.92 Å². The van der Waals surface area contributed by atoms with Gasteiger partial charge in [0.2, 0.25) is 0 Å². The molecular formula is C13H13N3O3S. The molecule has 6 nitrogen and oxygen atoms in total. The van der Waals surface area contributed by atoms with E-state index in [4.69, 9.17) is 0 Å². The average Bonchev–Trinajstić information content (AvgIpc) is 3.04. The van der Waals surface area contributed by atoms with Crippen LogP contribution in [0.1, 0.15) is 26.6 Å². The summed E-state index contributed by atoms with van der Waals surface area (Å²) in [7, 11) is 0. The van der Waals surface area contributed by atoms with Gasteiger partial charge in [0.05, 0.1) is 29.1 Å². The number of nitrogens with one attached hydrogen (secondary N) is 1. The predicted octanol–water partition coefficient (Wildman–Crippen LogP) is 1.43. The van der Waals surface area contributed by atoms with Crippen molar-refractivity contribution < 1.29 is 14.7 Å². The summed E-state index contributed by atoms with van der Waals surface area (Å²) in [6.07, 6.45) is 1.78. The van der Waals surface area contributed by atoms with Gasteiger partial charge in [-0.3, -0.25) is 4.79 Å². The van der Waals surface area contributed by atoms with Crippen LogP contribution in [-0.2, 0) is 17.8 Å². The molecular weight excluding hydrogens is 278 g/mol. The maximum Gasteiger partial charge on any atom is 0.326 e. The Hall–Kier alpha value is -2.15. The van der Waals surface area contributed by atoms with Crippen molar-refractivity contribution in [2.45, 2.75) is 25.9 Å². The molecule has 2 aromatic rings. The van der Waals surface area contributed by atoms with E-state index in [0.29, 0.717) is 4.88 Å². The Balaban J connectivity index is 1.96. The van der Waals surface area contributed by atoms with Crippen LogP contribution in [0.15, 0.2) is 17.8 Å². The highest BCUT2D eigenvalue weighted by Gasteiger charge is 2.36. The summed E-state index contributed by atoms with van der Waals surface area (Å²) < 4.78 is 0. The number of H-pyrrole nitrogens is 1. The first kappa shape index (κ1) is 12.9. The molecule has 7 heteroatoms. The highest BCUT2D eigenvalue weighted by molar-refractivity contribution is 7.12. The number of hydrogen-bond donors (Lipinski definition) is 2. The van der Waals surface area contributed by atoms with Gasteiger partial charge in [0, 0.05) is 6.42 Å². The highest BCUT2D eigenvalue weighted by Crippen LogP contribution is 2.25. The Morgan fingerprint density at radius 1 is 1.55 bits per heavy atom. The fourth-order valence-electron chi connectivity index (χ4n) is 2.39. The molecule has 0 fully saturated rings. The first-order chi connectivity index (χ1) is 9.58. The number of carbonyl (C=O) groups is 2. The zero-order valence-electron chi connectivity index (χ0n) is 10.8. The summed E-state index contributed by atoms with van der Waals surface area (Å²) in [6.45, 7) is 2.10. The average molecular weight is 291 g/mol. The first-order valence-corrected chi connectivity index (χ1v) is 7.05. The monoisotopic (exact) mass is 291 g/mol. The van der Waals surface area contributed by atoms with Crippen molar-refractivity contribution in [2.75, 3.05) is 0 Å². The van der Waals surface area contributed by atoms with E-state index in [1.807, 2.05) is 18.4 Å². The molecule has 1 amide bonds. The molecule has 1 atom stereocenters. The molecule has 2 N–H and O–H groups in total. The van der Waals surface area contributed by atoms with Crippen LogP contribution < -0.4 is 0 Å². The topological polar surface area (TPSA) is 86.3 Å². The van der Waals surface area contributed by atoms with Gasteiger partial charge in [0.1, 0.15) is 6.04 Å². The molecule has 0 radical (unpaired) electrons. The number of amides is 1. The largest absolute Gasteiger partial charge is 0.480 e. The molecule has 3 rings (SSSR count). The Bertz CT molecular complexity index is 676. The van der Waals surface area contributed by atoms with Crippen molar-refractivity contribution in [3.63, 3.8) is 0 Å². The molecule has 0 spiro atoms. The number of carboxylic acid groups (broad SMARTS) is 1. The van der Waals surface area contributed by atoms with Crippen LogP contribution in [0.2, 0.25) is 0 Å². The second-order valence-electron chi connectivity index (χ2n) is 4.75. The molecule has 0 aliphatic carbocycles. The summed E-state index contributed by atoms with van der Waals surface area (Å²) in [5.41, 5.74) is 2.41. The van der Waals surface area contributed by atoms with E-state index in [1.165, 1.54) is 22.6 Å². The quantitative estimate of drug-likeness (QED) is 0.876. The third kappa shape index (κ3) is 2.00. The van der Waals surface area contributed by atoms with Gasteiger partial charge in [-0.25, -0.2) is 9.78 Å². The molecule has 0 saturated heterocycles. The summed E-state index contributed by atoms with van der Waals surface area (Å²) >= 11 is 1.34. The molecule has 20 heavy (non-hydrogen) atoms. The summed E-state index contributed by atoms with van der Waals surface area (Å²) in [6, 6.07) is 0.999. The molecule has 1 aliphatic rings. The molecule has 1 unspecified atom stereocenters. The smallest absolute Gasteiger partial charge is 0.326 e. The van der Waals surface area contributed by atoms with E-state index in [-0.39, 0.29) is 18.9 Å². The number of rotatable bonds is 2. The summed E-state index contributed by atoms with van der Waals surface area (Å²) in [5, 5.41) is 11.2. The molecule has 0 bridgehead atoms. The number of carbonyl (C=O) groups excluding carboxylic acids is 1. The fourth-order valence-corrected chi connectivity index (χ4v) is 3.27. The lowest BCUT2D eigenvalue weighted by atomic mass is 10.0. The number of hydrogen-bond acceptors (Lipinski definition) is 4. The second-order valence-corrected chi connectivity index (χ2v) is 5.67. The van der Waals surface area contributed by atoms with Crippen LogP contribution in [0.4, 0.5) is 0 Å². The van der Waals surface area contributed by atoms with Crippen LogP contribution in [-0.4, -0.2) is 37.9 Å². The van der Waals surface area contributed by atoms with E-state index >= 15 is 0 Å². The number of aryl methyl sites for hydroxylation is 1. The lowest BCUT2D eigenvalue weighted by Crippen LogP contribution is -2.48. The Kier molecular flexibility index (Phi) is 3.06. The normalized spacial score (nSPS) is 17.9. The van der Waals surface area contributed by atoms with Crippen molar-refractivity contribution in [2.24, 2.45) is 0 Å². The van der Waals surface area contributed by atoms with Gasteiger partial charge in [-0.15, -0.1) is 11.3 Å². The van der Waals surface area contributed by atoms with Gasteiger partial charge < -0.3 is 15.0 Å². The molecule has 1 aliphatic heterocycles. The van der Waals surface area contributed by atoms with Crippen molar-refractivity contribution in [1.82, 2.24) is 14.9 Å². The fraction of sp³-hybridized carbons (Fsp3) is 0.308. The molecule has 0 saturated carbocycles. The van der Waals surface area contributed by atoms with Gasteiger partial charge in [0.25, 0.3) is 5.91 Å². The van der Waals surface area contributed by atoms with Crippen molar-refractivity contribution in [3.8, 4) is 0 Å². The van der Waals surface area contributed by atoms with Crippen LogP contribution in [0.25, 0.3) is 0 Å². The number of carboxylic acids is 1. The van der Waals surface area contributed by atoms with Gasteiger partial charge in [-0.05, 0) is 23.9 Å². The van der Waals surface area contributed by atoms with Gasteiger partial charge >= 0.3 is 5.97 Å². The molecule has 104 valence electrons. The second kappa shape index (κ2) is 4.75. The van der Waals surface area contributed by atoms with Crippen molar-refractivity contribution >= 4 is 23.2 Å². The number of aromatic amines is 1. The van der Waals surface area contributed by atoms with E-state index in [2.05, 4.69) is 9.97 Å². The third-order valence-corrected chi connectivity index (χ3v) is 4.51. The van der Waals surface area contributed by atoms with Gasteiger partial charge in [-0.1, -0.05) is 0 Å². The lowest BCUT2D eigenvalue weighted by molar-refractivity contribution is -0.142. The number of aliphatic carboxylic acids is 1. The minimum absolute atomic E-state index is 0.231. The molecule has 0 aromatic carbocycles. The van der Waals surface area contributed by atoms with Crippen molar-refractivity contribution in [3.05, 3.63) is 39.6 Å². The van der Waals surface area contributed by atoms with Crippen LogP contribution in [0.3, 0.4) is 0 Å². The standard InChI is InChI=1S/C13H13N3O3S/c1-7-2-3-20-11(7)12(17)16-5-9-8(14-6-15-9)4-10(16)13(18)19/h2-3,6,10H,4-5H2,1H3,(H,14,15)(H,18,19). The van der Waals surface area contributed by atoms with E-state index in [1.54, 1.807) is 0 Å². The SMILES string of the molecule is Cc1ccsc1C(=O)N1Cc2[nH]cnc2CC1C(=O)O. The number of fused-ring (bicyclic) bond motifs is 1. The number of thiophene rings is 1. The number of nitrogens with zero attached hydrogens (tertiary/aromatic N) is 2.